The van der Waals surface area contributed by atoms with Crippen LogP contribution in [0.4, 0.5) is 0 Å². The van der Waals surface area contributed by atoms with E-state index in [1.807, 2.05) is 0 Å². The van der Waals surface area contributed by atoms with Crippen LogP contribution in [0.5, 0.6) is 0 Å². The Hall–Kier alpha value is -3.45. The van der Waals surface area contributed by atoms with Gasteiger partial charge in [0.25, 0.3) is 0 Å². The quantitative estimate of drug-likeness (QED) is 0.258. The first-order valence-electron chi connectivity index (χ1n) is 18.2. The molecule has 0 aromatic heterocycles. The van der Waals surface area contributed by atoms with E-state index in [4.69, 9.17) is 0 Å². The van der Waals surface area contributed by atoms with Crippen LogP contribution in [-0.2, 0) is 17.6 Å². The summed E-state index contributed by atoms with van der Waals surface area (Å²) in [4.78, 5) is 12.6. The summed E-state index contributed by atoms with van der Waals surface area (Å²) < 4.78 is 0. The lowest BCUT2D eigenvalue weighted by molar-refractivity contribution is -0.128. The number of carbonyl (C=O) groups excluding carboxylic acids is 1. The van der Waals surface area contributed by atoms with Crippen molar-refractivity contribution < 1.29 is 4.79 Å². The zero-order chi connectivity index (χ0) is 33.6. The molecule has 0 saturated heterocycles. The molecule has 7 rings (SSSR count). The zero-order valence-electron chi connectivity index (χ0n) is 30.4. The molecular formula is C46H56O. The molecule has 47 heavy (non-hydrogen) atoms. The number of ketones is 1. The standard InChI is InChI=1S/C41H44O.C5H12/c1-24(2)17-36-26(4)18-33-21-32(23-38(33)41(36)28-11-9-25(3)10-12-28)29-13-15-34-27(5)19-37(39(34)22-29)31-14-16-35-30(20-31)7-6-8-40(35)42;1-5(2,3)4/h9-13,15,18-19,21-22,27,30-31,35H,1,6-8,14,16-17,20,23H2,2-5H3;1-4H3. The van der Waals surface area contributed by atoms with Gasteiger partial charge in [-0.3, -0.25) is 4.79 Å². The Balaban J connectivity index is 0.000000720. The molecule has 0 radical (unpaired) electrons. The highest BCUT2D eigenvalue weighted by Gasteiger charge is 2.39. The highest BCUT2D eigenvalue weighted by Crippen LogP contribution is 2.50. The van der Waals surface area contributed by atoms with Crippen molar-refractivity contribution in [3.63, 3.8) is 0 Å². The van der Waals surface area contributed by atoms with Crippen LogP contribution in [0.1, 0.15) is 130 Å². The number of allylic oxidation sites excluding steroid dienone is 4. The molecule has 1 nitrogen and oxygen atoms in total. The van der Waals surface area contributed by atoms with Crippen molar-refractivity contribution in [2.24, 2.45) is 23.2 Å². The number of carbonyl (C=O) groups is 1. The maximum atomic E-state index is 12.6. The Bertz CT molecular complexity index is 1750. The molecule has 0 spiro atoms. The smallest absolute Gasteiger partial charge is 0.136 e. The number of hydrogen-bond donors (Lipinski definition) is 0. The van der Waals surface area contributed by atoms with Crippen LogP contribution < -0.4 is 0 Å². The summed E-state index contributed by atoms with van der Waals surface area (Å²) in [6.45, 7) is 22.0. The van der Waals surface area contributed by atoms with E-state index < -0.39 is 0 Å². The van der Waals surface area contributed by atoms with E-state index in [1.165, 1.54) is 79.6 Å². The van der Waals surface area contributed by atoms with Gasteiger partial charge in [-0.05, 0) is 150 Å². The van der Waals surface area contributed by atoms with Crippen LogP contribution in [0.2, 0.25) is 0 Å². The minimum Gasteiger partial charge on any atom is -0.299 e. The van der Waals surface area contributed by atoms with Crippen LogP contribution in [-0.4, -0.2) is 5.78 Å². The molecule has 3 aromatic carbocycles. The molecule has 4 aliphatic rings. The zero-order valence-corrected chi connectivity index (χ0v) is 30.4. The van der Waals surface area contributed by atoms with Crippen molar-refractivity contribution in [3.8, 4) is 11.1 Å². The normalized spacial score (nSPS) is 23.2. The first-order chi connectivity index (χ1) is 22.3. The van der Waals surface area contributed by atoms with Gasteiger partial charge in [0, 0.05) is 18.3 Å². The lowest BCUT2D eigenvalue weighted by Crippen LogP contribution is -2.34. The third kappa shape index (κ3) is 7.20. The van der Waals surface area contributed by atoms with Crippen molar-refractivity contribution in [1.29, 1.82) is 0 Å². The van der Waals surface area contributed by atoms with Crippen molar-refractivity contribution in [2.75, 3.05) is 0 Å². The Kier molecular flexibility index (Phi) is 9.41. The molecule has 4 atom stereocenters. The SMILES string of the molecule is C=C(C)Cc1c(C)cc2c(c1-c1ccc(C)cc1)CC(c1ccc3c(c1)C(C1CCC4C(=O)CCCC4C1)=CC3C)=C2.CC(C)(C)C. The van der Waals surface area contributed by atoms with Gasteiger partial charge in [0.05, 0.1) is 0 Å². The van der Waals surface area contributed by atoms with Gasteiger partial charge in [0.2, 0.25) is 0 Å². The summed E-state index contributed by atoms with van der Waals surface area (Å²) in [6, 6.07) is 18.8. The third-order valence-electron chi connectivity index (χ3n) is 10.8. The van der Waals surface area contributed by atoms with Crippen LogP contribution >= 0.6 is 0 Å². The first-order valence-corrected chi connectivity index (χ1v) is 18.2. The number of rotatable bonds is 5. The molecule has 4 aliphatic carbocycles. The Labute approximate surface area is 285 Å². The Morgan fingerprint density at radius 3 is 2.34 bits per heavy atom. The molecule has 0 bridgehead atoms. The Morgan fingerprint density at radius 1 is 0.936 bits per heavy atom. The highest BCUT2D eigenvalue weighted by molar-refractivity contribution is 5.94. The van der Waals surface area contributed by atoms with E-state index >= 15 is 0 Å². The van der Waals surface area contributed by atoms with Gasteiger partial charge in [-0.15, -0.1) is 0 Å². The van der Waals surface area contributed by atoms with Crippen LogP contribution in [0.3, 0.4) is 0 Å². The van der Waals surface area contributed by atoms with Gasteiger partial charge < -0.3 is 0 Å². The van der Waals surface area contributed by atoms with E-state index in [2.05, 4.69) is 123 Å². The highest BCUT2D eigenvalue weighted by atomic mass is 16.1. The second-order valence-electron chi connectivity index (χ2n) is 16.9. The van der Waals surface area contributed by atoms with E-state index in [0.29, 0.717) is 34.9 Å². The predicted molar refractivity (Wildman–Crippen MR) is 203 cm³/mol. The minimum atomic E-state index is 0.336. The molecule has 0 N–H and O–H groups in total. The molecule has 4 unspecified atom stereocenters. The van der Waals surface area contributed by atoms with Gasteiger partial charge in [-0.2, -0.15) is 0 Å². The summed E-state index contributed by atoms with van der Waals surface area (Å²) in [5.74, 6) is 2.53. The van der Waals surface area contributed by atoms with E-state index in [1.54, 1.807) is 5.57 Å². The summed E-state index contributed by atoms with van der Waals surface area (Å²) in [5, 5.41) is 0. The minimum absolute atomic E-state index is 0.336. The fraction of sp³-hybridized carbons (Fsp3) is 0.457. The molecule has 0 amide bonds. The topological polar surface area (TPSA) is 17.1 Å². The van der Waals surface area contributed by atoms with Gasteiger partial charge in [0.15, 0.2) is 0 Å². The monoisotopic (exact) mass is 624 g/mol. The molecule has 2 saturated carbocycles. The molecule has 246 valence electrons. The van der Waals surface area contributed by atoms with Gasteiger partial charge in [-0.1, -0.05) is 107 Å². The van der Waals surface area contributed by atoms with E-state index in [-0.39, 0.29) is 0 Å². The van der Waals surface area contributed by atoms with E-state index in [0.717, 1.165) is 38.5 Å². The first kappa shape index (κ1) is 33.5. The maximum absolute atomic E-state index is 12.6. The predicted octanol–water partition coefficient (Wildman–Crippen LogP) is 12.5. The fourth-order valence-corrected chi connectivity index (χ4v) is 8.68. The second-order valence-corrected chi connectivity index (χ2v) is 16.9. The molecule has 0 aliphatic heterocycles. The Morgan fingerprint density at radius 2 is 1.64 bits per heavy atom. The fourth-order valence-electron chi connectivity index (χ4n) is 8.68. The third-order valence-corrected chi connectivity index (χ3v) is 10.8. The summed E-state index contributed by atoms with van der Waals surface area (Å²) in [5.41, 5.74) is 18.6. The molecular weight excluding hydrogens is 569 g/mol. The molecule has 1 heteroatoms. The lowest BCUT2D eigenvalue weighted by atomic mass is 9.65. The average Bonchev–Trinajstić information content (AvgIpc) is 3.57. The van der Waals surface area contributed by atoms with E-state index in [9.17, 15) is 4.79 Å². The molecule has 0 heterocycles. The van der Waals surface area contributed by atoms with Crippen molar-refractivity contribution in [1.82, 2.24) is 0 Å². The van der Waals surface area contributed by atoms with Gasteiger partial charge >= 0.3 is 0 Å². The average molecular weight is 625 g/mol. The summed E-state index contributed by atoms with van der Waals surface area (Å²) >= 11 is 0. The number of hydrogen-bond acceptors (Lipinski definition) is 1. The van der Waals surface area contributed by atoms with Crippen molar-refractivity contribution in [3.05, 3.63) is 111 Å². The summed E-state index contributed by atoms with van der Waals surface area (Å²) in [6.07, 6.45) is 13.5. The number of aryl methyl sites for hydroxylation is 2. The van der Waals surface area contributed by atoms with Crippen LogP contribution in [0.25, 0.3) is 28.3 Å². The summed E-state index contributed by atoms with van der Waals surface area (Å²) in [7, 11) is 0. The van der Waals surface area contributed by atoms with Crippen LogP contribution in [0, 0.1) is 37.0 Å². The number of fused-ring (bicyclic) bond motifs is 3. The van der Waals surface area contributed by atoms with Crippen molar-refractivity contribution in [2.45, 2.75) is 113 Å². The number of benzene rings is 3. The van der Waals surface area contributed by atoms with Gasteiger partial charge in [-0.25, -0.2) is 0 Å². The van der Waals surface area contributed by atoms with Gasteiger partial charge in [0.1, 0.15) is 5.78 Å². The van der Waals surface area contributed by atoms with Crippen LogP contribution in [0.15, 0.2) is 66.8 Å². The number of Topliss-reactive ketones (excluding diaryl/α,β-unsaturated/α-hetero) is 1. The largest absolute Gasteiger partial charge is 0.299 e. The van der Waals surface area contributed by atoms with Crippen molar-refractivity contribution >= 4 is 23.0 Å². The molecule has 2 fully saturated rings. The molecule has 3 aromatic rings. The lowest BCUT2D eigenvalue weighted by Gasteiger charge is -2.39. The maximum Gasteiger partial charge on any atom is 0.136 e. The second kappa shape index (κ2) is 13.2.